The highest BCUT2D eigenvalue weighted by Gasteiger charge is 2.11. The molecule has 72 valence electrons. The Bertz CT molecular complexity index is 297. The molecule has 0 spiro atoms. The molecule has 13 heavy (non-hydrogen) atoms. The lowest BCUT2D eigenvalue weighted by Gasteiger charge is -2.04. The van der Waals surface area contributed by atoms with Gasteiger partial charge in [0.15, 0.2) is 0 Å². The van der Waals surface area contributed by atoms with E-state index in [1.54, 1.807) is 12.1 Å². The molecular formula is C8H9ClO3S. The number of thiophene rings is 1. The van der Waals surface area contributed by atoms with Gasteiger partial charge in [-0.1, -0.05) is 11.6 Å². The zero-order valence-electron chi connectivity index (χ0n) is 6.74. The van der Waals surface area contributed by atoms with Crippen LogP contribution in [0.3, 0.4) is 0 Å². The molecular weight excluding hydrogens is 212 g/mol. The Balaban J connectivity index is 2.48. The highest BCUT2D eigenvalue weighted by atomic mass is 35.5. The van der Waals surface area contributed by atoms with Crippen LogP contribution in [0.4, 0.5) is 0 Å². The molecule has 0 aromatic carbocycles. The summed E-state index contributed by atoms with van der Waals surface area (Å²) in [5.41, 5.74) is 0. The van der Waals surface area contributed by atoms with Crippen LogP contribution in [0.15, 0.2) is 12.1 Å². The number of hydrogen-bond donors (Lipinski definition) is 2. The van der Waals surface area contributed by atoms with Gasteiger partial charge in [-0.05, 0) is 18.6 Å². The van der Waals surface area contributed by atoms with Crippen molar-refractivity contribution in [2.75, 3.05) is 0 Å². The molecule has 1 aromatic heterocycles. The molecule has 0 radical (unpaired) electrons. The maximum absolute atomic E-state index is 10.2. The number of carbonyl (C=O) groups is 1. The Labute approximate surface area is 84.6 Å². The van der Waals surface area contributed by atoms with E-state index in [1.807, 2.05) is 0 Å². The van der Waals surface area contributed by atoms with Crippen molar-refractivity contribution in [3.8, 4) is 0 Å². The number of carboxylic acids is 1. The summed E-state index contributed by atoms with van der Waals surface area (Å²) in [6, 6.07) is 3.39. The number of hydrogen-bond acceptors (Lipinski definition) is 3. The predicted molar refractivity (Wildman–Crippen MR) is 51.2 cm³/mol. The summed E-state index contributed by atoms with van der Waals surface area (Å²) in [7, 11) is 0. The molecule has 0 bridgehead atoms. The van der Waals surface area contributed by atoms with Crippen molar-refractivity contribution in [3.63, 3.8) is 0 Å². The van der Waals surface area contributed by atoms with Gasteiger partial charge >= 0.3 is 5.97 Å². The van der Waals surface area contributed by atoms with Gasteiger partial charge in [-0.3, -0.25) is 4.79 Å². The molecule has 1 unspecified atom stereocenters. The van der Waals surface area contributed by atoms with Gasteiger partial charge in [-0.2, -0.15) is 0 Å². The van der Waals surface area contributed by atoms with Crippen molar-refractivity contribution in [2.45, 2.75) is 18.9 Å². The highest BCUT2D eigenvalue weighted by Crippen LogP contribution is 2.28. The molecule has 0 aliphatic carbocycles. The molecule has 0 amide bonds. The number of aliphatic hydroxyl groups excluding tert-OH is 1. The van der Waals surface area contributed by atoms with Crippen LogP contribution < -0.4 is 0 Å². The minimum absolute atomic E-state index is 0.0311. The first kappa shape index (κ1) is 10.5. The average Bonchev–Trinajstić information content (AvgIpc) is 2.47. The van der Waals surface area contributed by atoms with Gasteiger partial charge in [0.2, 0.25) is 0 Å². The molecule has 0 aliphatic rings. The lowest BCUT2D eigenvalue weighted by Crippen LogP contribution is -2.00. The Morgan fingerprint density at radius 2 is 2.31 bits per heavy atom. The summed E-state index contributed by atoms with van der Waals surface area (Å²) in [5.74, 6) is -0.901. The minimum atomic E-state index is -0.901. The monoisotopic (exact) mass is 220 g/mol. The Kier molecular flexibility index (Phi) is 3.71. The van der Waals surface area contributed by atoms with Crippen molar-refractivity contribution in [1.29, 1.82) is 0 Å². The van der Waals surface area contributed by atoms with Gasteiger partial charge in [0.05, 0.1) is 10.4 Å². The summed E-state index contributed by atoms with van der Waals surface area (Å²) >= 11 is 6.93. The lowest BCUT2D eigenvalue weighted by atomic mass is 10.2. The fourth-order valence-electron chi connectivity index (χ4n) is 0.910. The van der Waals surface area contributed by atoms with Crippen LogP contribution in [0, 0.1) is 0 Å². The summed E-state index contributed by atoms with van der Waals surface area (Å²) in [6.07, 6.45) is -0.517. The summed E-state index contributed by atoms with van der Waals surface area (Å²) in [6.45, 7) is 0. The molecule has 0 saturated carbocycles. The number of aliphatic carboxylic acids is 1. The van der Waals surface area contributed by atoms with Crippen LogP contribution in [0.1, 0.15) is 23.8 Å². The number of rotatable bonds is 4. The van der Waals surface area contributed by atoms with Gasteiger partial charge < -0.3 is 10.2 Å². The normalized spacial score (nSPS) is 12.8. The van der Waals surface area contributed by atoms with E-state index in [2.05, 4.69) is 0 Å². The van der Waals surface area contributed by atoms with Crippen molar-refractivity contribution in [2.24, 2.45) is 0 Å². The van der Waals surface area contributed by atoms with E-state index < -0.39 is 12.1 Å². The van der Waals surface area contributed by atoms with Gasteiger partial charge in [-0.15, -0.1) is 11.3 Å². The molecule has 1 rings (SSSR count). The summed E-state index contributed by atoms with van der Waals surface area (Å²) in [4.78, 5) is 10.9. The van der Waals surface area contributed by atoms with Crippen LogP contribution in [-0.2, 0) is 4.79 Å². The summed E-state index contributed by atoms with van der Waals surface area (Å²) in [5, 5.41) is 17.9. The van der Waals surface area contributed by atoms with Crippen molar-refractivity contribution in [3.05, 3.63) is 21.3 Å². The quantitative estimate of drug-likeness (QED) is 0.819. The first-order chi connectivity index (χ1) is 6.09. The third-order valence-corrected chi connectivity index (χ3v) is 2.89. The fourth-order valence-corrected chi connectivity index (χ4v) is 1.99. The molecule has 1 aromatic rings. The zero-order valence-corrected chi connectivity index (χ0v) is 8.31. The average molecular weight is 221 g/mol. The second kappa shape index (κ2) is 4.60. The maximum atomic E-state index is 10.2. The van der Waals surface area contributed by atoms with Crippen molar-refractivity contribution >= 4 is 28.9 Å². The lowest BCUT2D eigenvalue weighted by molar-refractivity contribution is -0.137. The first-order valence-electron chi connectivity index (χ1n) is 3.74. The number of halogens is 1. The fraction of sp³-hybridized carbons (Fsp3) is 0.375. The van der Waals surface area contributed by atoms with E-state index in [0.717, 1.165) is 0 Å². The van der Waals surface area contributed by atoms with E-state index in [-0.39, 0.29) is 12.8 Å². The van der Waals surface area contributed by atoms with Gasteiger partial charge in [0, 0.05) is 11.3 Å². The van der Waals surface area contributed by atoms with Gasteiger partial charge in [0.1, 0.15) is 0 Å². The van der Waals surface area contributed by atoms with Gasteiger partial charge in [0.25, 0.3) is 0 Å². The Morgan fingerprint density at radius 1 is 1.62 bits per heavy atom. The van der Waals surface area contributed by atoms with Crippen LogP contribution in [0.2, 0.25) is 4.34 Å². The molecule has 0 fully saturated rings. The largest absolute Gasteiger partial charge is 0.481 e. The van der Waals surface area contributed by atoms with Crippen LogP contribution in [0.5, 0.6) is 0 Å². The predicted octanol–water partition coefficient (Wildman–Crippen LogP) is 2.30. The molecule has 2 N–H and O–H groups in total. The van der Waals surface area contributed by atoms with E-state index in [9.17, 15) is 9.90 Å². The molecule has 5 heteroatoms. The second-order valence-electron chi connectivity index (χ2n) is 2.59. The topological polar surface area (TPSA) is 57.5 Å². The molecule has 1 heterocycles. The van der Waals surface area contributed by atoms with E-state index in [0.29, 0.717) is 9.21 Å². The Morgan fingerprint density at radius 3 is 2.77 bits per heavy atom. The smallest absolute Gasteiger partial charge is 0.303 e. The van der Waals surface area contributed by atoms with Crippen LogP contribution in [0.25, 0.3) is 0 Å². The van der Waals surface area contributed by atoms with Gasteiger partial charge in [-0.25, -0.2) is 0 Å². The van der Waals surface area contributed by atoms with Crippen LogP contribution >= 0.6 is 22.9 Å². The Hall–Kier alpha value is -0.580. The van der Waals surface area contributed by atoms with Crippen molar-refractivity contribution in [1.82, 2.24) is 0 Å². The minimum Gasteiger partial charge on any atom is -0.481 e. The summed E-state index contributed by atoms with van der Waals surface area (Å²) < 4.78 is 0.601. The molecule has 1 atom stereocenters. The highest BCUT2D eigenvalue weighted by molar-refractivity contribution is 7.16. The zero-order chi connectivity index (χ0) is 9.84. The van der Waals surface area contributed by atoms with E-state index in [4.69, 9.17) is 16.7 Å². The van der Waals surface area contributed by atoms with Crippen LogP contribution in [-0.4, -0.2) is 16.2 Å². The molecule has 0 aliphatic heterocycles. The van der Waals surface area contributed by atoms with Crippen molar-refractivity contribution < 1.29 is 15.0 Å². The van der Waals surface area contributed by atoms with E-state index >= 15 is 0 Å². The standard InChI is InChI=1S/C8H9ClO3S/c9-7-3-2-6(13-7)5(10)1-4-8(11)12/h2-3,5,10H,1,4H2,(H,11,12). The second-order valence-corrected chi connectivity index (χ2v) is 4.34. The SMILES string of the molecule is O=C(O)CCC(O)c1ccc(Cl)s1. The first-order valence-corrected chi connectivity index (χ1v) is 4.94. The number of aliphatic hydroxyl groups is 1. The third-order valence-electron chi connectivity index (χ3n) is 1.55. The molecule has 0 saturated heterocycles. The van der Waals surface area contributed by atoms with E-state index in [1.165, 1.54) is 11.3 Å². The third kappa shape index (κ3) is 3.34. The molecule has 3 nitrogen and oxygen atoms in total. The number of carboxylic acid groups (broad SMARTS) is 1. The maximum Gasteiger partial charge on any atom is 0.303 e.